The Morgan fingerprint density at radius 3 is 2.38 bits per heavy atom. The largest absolute Gasteiger partial charge is 0.514 e. The summed E-state index contributed by atoms with van der Waals surface area (Å²) >= 11 is 0. The fourth-order valence-corrected chi connectivity index (χ4v) is 2.48. The molecule has 6 heteroatoms. The number of hydrogen-bond donors (Lipinski definition) is 0. The van der Waals surface area contributed by atoms with E-state index in [1.54, 1.807) is 0 Å². The van der Waals surface area contributed by atoms with Gasteiger partial charge in [-0.2, -0.15) is 0 Å². The molecule has 114 valence electrons. The first-order chi connectivity index (χ1) is 9.77. The predicted molar refractivity (Wildman–Crippen MR) is 81.9 cm³/mol. The van der Waals surface area contributed by atoms with Crippen LogP contribution in [0.3, 0.4) is 0 Å². The number of nitrogens with zero attached hydrogens (tertiary/aromatic N) is 2. The fraction of sp³-hybridized carbons (Fsp3) is 0.667. The zero-order valence-electron chi connectivity index (χ0n) is 13.4. The van der Waals surface area contributed by atoms with Gasteiger partial charge in [-0.1, -0.05) is 6.07 Å². The number of likely N-dealkylation sites (tertiary alicyclic amines) is 1. The van der Waals surface area contributed by atoms with Crippen LogP contribution in [0.2, 0.25) is 0 Å². The summed E-state index contributed by atoms with van der Waals surface area (Å²) < 4.78 is 17.9. The first-order valence-corrected chi connectivity index (χ1v) is 7.45. The van der Waals surface area contributed by atoms with Gasteiger partial charge >= 0.3 is 7.12 Å². The lowest BCUT2D eigenvalue weighted by Gasteiger charge is -2.35. The highest BCUT2D eigenvalue weighted by Gasteiger charge is 2.52. The lowest BCUT2D eigenvalue weighted by Crippen LogP contribution is -2.51. The second-order valence-corrected chi connectivity index (χ2v) is 6.95. The smallest absolute Gasteiger partial charge is 0.472 e. The SMILES string of the molecule is CN1CC(Oc2cccc(B3OC(C)(C)C(C)(C)O3)n2)C1. The molecule has 3 rings (SSSR count). The summed E-state index contributed by atoms with van der Waals surface area (Å²) in [5, 5.41) is 0. The van der Waals surface area contributed by atoms with Gasteiger partial charge < -0.3 is 14.0 Å². The fourth-order valence-electron chi connectivity index (χ4n) is 2.48. The van der Waals surface area contributed by atoms with Crippen LogP contribution in [-0.2, 0) is 9.31 Å². The third-order valence-corrected chi connectivity index (χ3v) is 4.56. The highest BCUT2D eigenvalue weighted by Crippen LogP contribution is 2.36. The average Bonchev–Trinajstić information content (AvgIpc) is 2.57. The molecule has 0 amide bonds. The molecular weight excluding hydrogens is 267 g/mol. The number of rotatable bonds is 3. The topological polar surface area (TPSA) is 43.8 Å². The van der Waals surface area contributed by atoms with Crippen LogP contribution in [0.1, 0.15) is 27.7 Å². The van der Waals surface area contributed by atoms with Gasteiger partial charge in [0.2, 0.25) is 5.88 Å². The number of ether oxygens (including phenoxy) is 1. The third kappa shape index (κ3) is 2.80. The van der Waals surface area contributed by atoms with Gasteiger partial charge in [0.15, 0.2) is 0 Å². The van der Waals surface area contributed by atoms with Crippen molar-refractivity contribution in [1.29, 1.82) is 0 Å². The Morgan fingerprint density at radius 2 is 1.81 bits per heavy atom. The minimum Gasteiger partial charge on any atom is -0.472 e. The number of pyridine rings is 1. The lowest BCUT2D eigenvalue weighted by atomic mass is 9.84. The van der Waals surface area contributed by atoms with Crippen molar-refractivity contribution in [3.63, 3.8) is 0 Å². The zero-order chi connectivity index (χ0) is 15.3. The van der Waals surface area contributed by atoms with Crippen LogP contribution in [0.5, 0.6) is 5.88 Å². The number of hydrogen-bond acceptors (Lipinski definition) is 5. The Morgan fingerprint density at radius 1 is 1.19 bits per heavy atom. The molecule has 0 spiro atoms. The molecule has 0 bridgehead atoms. The molecule has 0 N–H and O–H groups in total. The molecule has 0 aromatic carbocycles. The van der Waals surface area contributed by atoms with Crippen molar-refractivity contribution in [2.45, 2.75) is 45.0 Å². The van der Waals surface area contributed by atoms with Crippen LogP contribution in [0.4, 0.5) is 0 Å². The highest BCUT2D eigenvalue weighted by atomic mass is 16.7. The monoisotopic (exact) mass is 290 g/mol. The molecule has 0 saturated carbocycles. The molecule has 0 atom stereocenters. The van der Waals surface area contributed by atoms with Crippen LogP contribution in [0.25, 0.3) is 0 Å². The van der Waals surface area contributed by atoms with E-state index in [2.05, 4.69) is 16.9 Å². The molecule has 0 radical (unpaired) electrons. The average molecular weight is 290 g/mol. The molecule has 2 aliphatic rings. The zero-order valence-corrected chi connectivity index (χ0v) is 13.4. The summed E-state index contributed by atoms with van der Waals surface area (Å²) in [4.78, 5) is 6.75. The van der Waals surface area contributed by atoms with Gasteiger partial charge in [0.25, 0.3) is 0 Å². The molecule has 0 aliphatic carbocycles. The maximum absolute atomic E-state index is 6.02. The van der Waals surface area contributed by atoms with E-state index in [-0.39, 0.29) is 17.3 Å². The first kappa shape index (κ1) is 14.8. The van der Waals surface area contributed by atoms with Crippen molar-refractivity contribution in [2.75, 3.05) is 20.1 Å². The van der Waals surface area contributed by atoms with E-state index in [0.29, 0.717) is 5.88 Å². The van der Waals surface area contributed by atoms with Crippen LogP contribution in [-0.4, -0.2) is 54.4 Å². The van der Waals surface area contributed by atoms with E-state index in [1.165, 1.54) is 0 Å². The maximum Gasteiger partial charge on any atom is 0.514 e. The van der Waals surface area contributed by atoms with Crippen molar-refractivity contribution in [1.82, 2.24) is 9.88 Å². The Bertz CT molecular complexity index is 513. The van der Waals surface area contributed by atoms with Crippen LogP contribution in [0, 0.1) is 0 Å². The molecule has 0 unspecified atom stereocenters. The predicted octanol–water partition coefficient (Wildman–Crippen LogP) is 1.07. The van der Waals surface area contributed by atoms with Crippen molar-refractivity contribution < 1.29 is 14.0 Å². The molecule has 21 heavy (non-hydrogen) atoms. The molecule has 2 saturated heterocycles. The molecule has 3 heterocycles. The maximum atomic E-state index is 6.02. The van der Waals surface area contributed by atoms with Gasteiger partial charge in [0.05, 0.1) is 16.8 Å². The van der Waals surface area contributed by atoms with Crippen LogP contribution < -0.4 is 10.3 Å². The molecule has 2 fully saturated rings. The summed E-state index contributed by atoms with van der Waals surface area (Å²) in [7, 11) is 1.64. The Labute approximate surface area is 126 Å². The first-order valence-electron chi connectivity index (χ1n) is 7.45. The van der Waals surface area contributed by atoms with Gasteiger partial charge in [0, 0.05) is 19.2 Å². The number of likely N-dealkylation sites (N-methyl/N-ethyl adjacent to an activating group) is 1. The summed E-state index contributed by atoms with van der Waals surface area (Å²) in [5.41, 5.74) is 0.0543. The van der Waals surface area contributed by atoms with Crippen molar-refractivity contribution >= 4 is 12.7 Å². The number of aromatic nitrogens is 1. The highest BCUT2D eigenvalue weighted by molar-refractivity contribution is 6.61. The molecular formula is C15H23BN2O3. The summed E-state index contributed by atoms with van der Waals surface area (Å²) in [5.74, 6) is 0.639. The molecule has 1 aromatic rings. The molecule has 2 aliphatic heterocycles. The van der Waals surface area contributed by atoms with Crippen molar-refractivity contribution in [3.8, 4) is 5.88 Å². The lowest BCUT2D eigenvalue weighted by molar-refractivity contribution is 0.00578. The van der Waals surface area contributed by atoms with E-state index >= 15 is 0 Å². The quantitative estimate of drug-likeness (QED) is 0.779. The second kappa shape index (κ2) is 4.97. The van der Waals surface area contributed by atoms with Gasteiger partial charge in [-0.25, -0.2) is 4.98 Å². The Hall–Kier alpha value is -1.11. The van der Waals surface area contributed by atoms with E-state index in [1.807, 2.05) is 45.9 Å². The normalized spacial score (nSPS) is 24.9. The van der Waals surface area contributed by atoms with Gasteiger partial charge in [-0.3, -0.25) is 4.90 Å². The standard InChI is InChI=1S/C15H23BN2O3/c1-14(2)15(3,4)21-16(20-14)12-7-6-8-13(17-12)19-11-9-18(5)10-11/h6-8,11H,9-10H2,1-5H3. The molecule has 1 aromatic heterocycles. The van der Waals surface area contributed by atoms with Gasteiger partial charge in [-0.05, 0) is 40.8 Å². The summed E-state index contributed by atoms with van der Waals surface area (Å²) in [6.45, 7) is 10.1. The van der Waals surface area contributed by atoms with E-state index in [4.69, 9.17) is 14.0 Å². The van der Waals surface area contributed by atoms with E-state index in [9.17, 15) is 0 Å². The Kier molecular flexibility index (Phi) is 3.51. The van der Waals surface area contributed by atoms with Crippen molar-refractivity contribution in [2.24, 2.45) is 0 Å². The summed E-state index contributed by atoms with van der Waals surface area (Å²) in [6.07, 6.45) is 0.232. The minimum absolute atomic E-state index is 0.232. The second-order valence-electron chi connectivity index (χ2n) is 6.95. The van der Waals surface area contributed by atoms with Crippen LogP contribution >= 0.6 is 0 Å². The Balaban J connectivity index is 1.72. The van der Waals surface area contributed by atoms with Crippen LogP contribution in [0.15, 0.2) is 18.2 Å². The minimum atomic E-state index is -0.442. The summed E-state index contributed by atoms with van der Waals surface area (Å²) in [6, 6.07) is 5.74. The van der Waals surface area contributed by atoms with Gasteiger partial charge in [-0.15, -0.1) is 0 Å². The van der Waals surface area contributed by atoms with Gasteiger partial charge in [0.1, 0.15) is 6.10 Å². The van der Waals surface area contributed by atoms with E-state index < -0.39 is 7.12 Å². The molecule has 5 nitrogen and oxygen atoms in total. The third-order valence-electron chi connectivity index (χ3n) is 4.56. The van der Waals surface area contributed by atoms with E-state index in [0.717, 1.165) is 18.7 Å². The van der Waals surface area contributed by atoms with Crippen molar-refractivity contribution in [3.05, 3.63) is 18.2 Å².